The SMILES string of the molecule is CC1=CCC(CC(=O)O)CC1. The second-order valence-corrected chi connectivity index (χ2v) is 3.29. The Hall–Kier alpha value is -0.790. The summed E-state index contributed by atoms with van der Waals surface area (Å²) in [6.45, 7) is 2.11. The van der Waals surface area contributed by atoms with E-state index in [2.05, 4.69) is 13.0 Å². The van der Waals surface area contributed by atoms with Gasteiger partial charge in [-0.25, -0.2) is 0 Å². The van der Waals surface area contributed by atoms with Crippen LogP contribution in [0.15, 0.2) is 11.6 Å². The van der Waals surface area contributed by atoms with Gasteiger partial charge in [0.25, 0.3) is 0 Å². The van der Waals surface area contributed by atoms with Crippen molar-refractivity contribution in [2.75, 3.05) is 0 Å². The molecule has 62 valence electrons. The average molecular weight is 154 g/mol. The van der Waals surface area contributed by atoms with Crippen molar-refractivity contribution < 1.29 is 9.90 Å². The van der Waals surface area contributed by atoms with Gasteiger partial charge in [0.15, 0.2) is 0 Å². The lowest BCUT2D eigenvalue weighted by Gasteiger charge is -2.17. The van der Waals surface area contributed by atoms with E-state index >= 15 is 0 Å². The Kier molecular flexibility index (Phi) is 2.69. The van der Waals surface area contributed by atoms with E-state index in [4.69, 9.17) is 5.11 Å². The first-order valence-corrected chi connectivity index (χ1v) is 4.06. The highest BCUT2D eigenvalue weighted by Gasteiger charge is 2.15. The van der Waals surface area contributed by atoms with Crippen molar-refractivity contribution in [2.24, 2.45) is 5.92 Å². The van der Waals surface area contributed by atoms with Crippen molar-refractivity contribution in [3.63, 3.8) is 0 Å². The molecule has 1 aliphatic carbocycles. The van der Waals surface area contributed by atoms with Gasteiger partial charge in [-0.05, 0) is 32.1 Å². The van der Waals surface area contributed by atoms with Crippen LogP contribution in [0.3, 0.4) is 0 Å². The number of hydrogen-bond donors (Lipinski definition) is 1. The zero-order valence-corrected chi connectivity index (χ0v) is 6.84. The molecule has 1 aliphatic rings. The van der Waals surface area contributed by atoms with Gasteiger partial charge in [0.1, 0.15) is 0 Å². The fourth-order valence-electron chi connectivity index (χ4n) is 1.45. The molecular formula is C9H14O2. The molecule has 2 nitrogen and oxygen atoms in total. The van der Waals surface area contributed by atoms with Gasteiger partial charge in [-0.3, -0.25) is 4.79 Å². The average Bonchev–Trinajstić information content (AvgIpc) is 1.93. The zero-order chi connectivity index (χ0) is 8.27. The highest BCUT2D eigenvalue weighted by atomic mass is 16.4. The molecule has 11 heavy (non-hydrogen) atoms. The maximum Gasteiger partial charge on any atom is 0.303 e. The van der Waals surface area contributed by atoms with E-state index < -0.39 is 5.97 Å². The molecule has 1 rings (SSSR count). The minimum absolute atomic E-state index is 0.337. The van der Waals surface area contributed by atoms with Gasteiger partial charge in [-0.15, -0.1) is 0 Å². The van der Waals surface area contributed by atoms with Gasteiger partial charge >= 0.3 is 5.97 Å². The monoisotopic (exact) mass is 154 g/mol. The third-order valence-electron chi connectivity index (χ3n) is 2.21. The lowest BCUT2D eigenvalue weighted by atomic mass is 9.88. The number of carbonyl (C=O) groups is 1. The molecule has 0 saturated carbocycles. The Morgan fingerprint density at radius 1 is 1.82 bits per heavy atom. The van der Waals surface area contributed by atoms with Crippen LogP contribution in [0.1, 0.15) is 32.6 Å². The fourth-order valence-corrected chi connectivity index (χ4v) is 1.45. The van der Waals surface area contributed by atoms with Crippen LogP contribution in [0.2, 0.25) is 0 Å². The van der Waals surface area contributed by atoms with Crippen LogP contribution in [0.4, 0.5) is 0 Å². The minimum atomic E-state index is -0.664. The van der Waals surface area contributed by atoms with Crippen LogP contribution < -0.4 is 0 Å². The van der Waals surface area contributed by atoms with Gasteiger partial charge < -0.3 is 5.11 Å². The summed E-state index contributed by atoms with van der Waals surface area (Å²) in [6, 6.07) is 0. The smallest absolute Gasteiger partial charge is 0.303 e. The lowest BCUT2D eigenvalue weighted by Crippen LogP contribution is -2.10. The molecule has 0 aromatic carbocycles. The summed E-state index contributed by atoms with van der Waals surface area (Å²) in [6.07, 6.45) is 5.59. The van der Waals surface area contributed by atoms with E-state index in [1.165, 1.54) is 5.57 Å². The largest absolute Gasteiger partial charge is 0.481 e. The van der Waals surface area contributed by atoms with E-state index in [1.807, 2.05) is 0 Å². The quantitative estimate of drug-likeness (QED) is 0.619. The lowest BCUT2D eigenvalue weighted by molar-refractivity contribution is -0.138. The molecule has 1 atom stereocenters. The number of hydrogen-bond acceptors (Lipinski definition) is 1. The molecule has 1 unspecified atom stereocenters. The van der Waals surface area contributed by atoms with E-state index in [1.54, 1.807) is 0 Å². The molecular weight excluding hydrogens is 140 g/mol. The van der Waals surface area contributed by atoms with Crippen molar-refractivity contribution in [2.45, 2.75) is 32.6 Å². The molecule has 0 heterocycles. The first-order valence-electron chi connectivity index (χ1n) is 4.06. The third kappa shape index (κ3) is 2.74. The summed E-state index contributed by atoms with van der Waals surface area (Å²) in [5, 5.41) is 8.51. The Balaban J connectivity index is 2.35. The van der Waals surface area contributed by atoms with Crippen LogP contribution in [0, 0.1) is 5.92 Å². The fraction of sp³-hybridized carbons (Fsp3) is 0.667. The normalized spacial score (nSPS) is 24.5. The second kappa shape index (κ2) is 3.56. The van der Waals surface area contributed by atoms with Crippen molar-refractivity contribution in [3.8, 4) is 0 Å². The maximum absolute atomic E-state index is 10.3. The molecule has 0 aliphatic heterocycles. The van der Waals surface area contributed by atoms with Crippen LogP contribution in [0.5, 0.6) is 0 Å². The molecule has 0 aromatic heterocycles. The maximum atomic E-state index is 10.3. The van der Waals surface area contributed by atoms with Crippen LogP contribution >= 0.6 is 0 Å². The number of carboxylic acids is 1. The minimum Gasteiger partial charge on any atom is -0.481 e. The molecule has 1 N–H and O–H groups in total. The Morgan fingerprint density at radius 3 is 3.00 bits per heavy atom. The van der Waals surface area contributed by atoms with E-state index in [0.717, 1.165) is 19.3 Å². The predicted molar refractivity (Wildman–Crippen MR) is 43.4 cm³/mol. The summed E-state index contributed by atoms with van der Waals surface area (Å²) in [7, 11) is 0. The Labute approximate surface area is 66.9 Å². The van der Waals surface area contributed by atoms with Crippen molar-refractivity contribution in [3.05, 3.63) is 11.6 Å². The molecule has 0 radical (unpaired) electrons. The van der Waals surface area contributed by atoms with Crippen LogP contribution in [-0.2, 0) is 4.79 Å². The van der Waals surface area contributed by atoms with Gasteiger partial charge in [-0.2, -0.15) is 0 Å². The molecule has 0 saturated heterocycles. The molecule has 0 spiro atoms. The van der Waals surface area contributed by atoms with Crippen molar-refractivity contribution in [1.82, 2.24) is 0 Å². The molecule has 0 fully saturated rings. The highest BCUT2D eigenvalue weighted by Crippen LogP contribution is 2.25. The summed E-state index contributed by atoms with van der Waals surface area (Å²) in [5.41, 5.74) is 1.41. The van der Waals surface area contributed by atoms with Gasteiger partial charge in [-0.1, -0.05) is 11.6 Å². The Bertz CT molecular complexity index is 182. The summed E-state index contributed by atoms with van der Waals surface area (Å²) in [5.74, 6) is -0.279. The zero-order valence-electron chi connectivity index (χ0n) is 6.84. The first-order chi connectivity index (χ1) is 5.18. The van der Waals surface area contributed by atoms with E-state index in [9.17, 15) is 4.79 Å². The topological polar surface area (TPSA) is 37.3 Å². The van der Waals surface area contributed by atoms with Crippen LogP contribution in [-0.4, -0.2) is 11.1 Å². The van der Waals surface area contributed by atoms with Crippen molar-refractivity contribution in [1.29, 1.82) is 0 Å². The molecule has 0 bridgehead atoms. The molecule has 0 aromatic rings. The second-order valence-electron chi connectivity index (χ2n) is 3.29. The van der Waals surface area contributed by atoms with Gasteiger partial charge in [0, 0.05) is 6.42 Å². The first kappa shape index (κ1) is 8.31. The van der Waals surface area contributed by atoms with E-state index in [-0.39, 0.29) is 0 Å². The number of aliphatic carboxylic acids is 1. The standard InChI is InChI=1S/C9H14O2/c1-7-2-4-8(5-3-7)6-9(10)11/h2,8H,3-6H2,1H3,(H,10,11). The Morgan fingerprint density at radius 2 is 2.55 bits per heavy atom. The highest BCUT2D eigenvalue weighted by molar-refractivity contribution is 5.67. The third-order valence-corrected chi connectivity index (χ3v) is 2.21. The van der Waals surface area contributed by atoms with Gasteiger partial charge in [0.2, 0.25) is 0 Å². The summed E-state index contributed by atoms with van der Waals surface area (Å²) >= 11 is 0. The van der Waals surface area contributed by atoms with Gasteiger partial charge in [0.05, 0.1) is 0 Å². The van der Waals surface area contributed by atoms with E-state index in [0.29, 0.717) is 12.3 Å². The van der Waals surface area contributed by atoms with Crippen molar-refractivity contribution >= 4 is 5.97 Å². The summed E-state index contributed by atoms with van der Waals surface area (Å²) < 4.78 is 0. The number of carboxylic acid groups (broad SMARTS) is 1. The molecule has 2 heteroatoms. The number of allylic oxidation sites excluding steroid dienone is 2. The predicted octanol–water partition coefficient (Wildman–Crippen LogP) is 2.21. The summed E-state index contributed by atoms with van der Waals surface area (Å²) in [4.78, 5) is 10.3. The van der Waals surface area contributed by atoms with Crippen LogP contribution in [0.25, 0.3) is 0 Å². The number of rotatable bonds is 2. The molecule has 0 amide bonds.